The van der Waals surface area contributed by atoms with Crippen molar-refractivity contribution in [1.82, 2.24) is 10.8 Å². The second-order valence-corrected chi connectivity index (χ2v) is 7.51. The van der Waals surface area contributed by atoms with Crippen LogP contribution in [0.5, 0.6) is 0 Å². The molecule has 0 spiro atoms. The van der Waals surface area contributed by atoms with Gasteiger partial charge in [-0.15, -0.1) is 0 Å². The summed E-state index contributed by atoms with van der Waals surface area (Å²) in [6.07, 6.45) is 0.202. The molecule has 3 aromatic rings. The summed E-state index contributed by atoms with van der Waals surface area (Å²) < 4.78 is 0. The molecular formula is C27H31N3O6. The summed E-state index contributed by atoms with van der Waals surface area (Å²) in [5.41, 5.74) is 9.51. The van der Waals surface area contributed by atoms with Crippen molar-refractivity contribution >= 4 is 23.7 Å². The molecule has 6 N–H and O–H groups in total. The van der Waals surface area contributed by atoms with Crippen molar-refractivity contribution in [3.05, 3.63) is 96.6 Å². The van der Waals surface area contributed by atoms with Crippen LogP contribution in [0.3, 0.4) is 0 Å². The van der Waals surface area contributed by atoms with Crippen molar-refractivity contribution in [1.29, 1.82) is 0 Å². The number of hydroxylamine groups is 1. The Balaban J connectivity index is 0.000000279. The quantitative estimate of drug-likeness (QED) is 0.240. The predicted octanol–water partition coefficient (Wildman–Crippen LogP) is 2.93. The molecule has 3 aromatic carbocycles. The highest BCUT2D eigenvalue weighted by atomic mass is 16.5. The lowest BCUT2D eigenvalue weighted by Gasteiger charge is -2.12. The van der Waals surface area contributed by atoms with Crippen molar-refractivity contribution in [2.75, 3.05) is 0 Å². The summed E-state index contributed by atoms with van der Waals surface area (Å²) in [6, 6.07) is 29.1. The molecule has 0 aliphatic rings. The Bertz CT molecular complexity index is 1040. The molecule has 9 nitrogen and oxygen atoms in total. The van der Waals surface area contributed by atoms with Gasteiger partial charge in [0.1, 0.15) is 6.04 Å². The fraction of sp³-hybridized carbons (Fsp3) is 0.185. The zero-order valence-electron chi connectivity index (χ0n) is 20.0. The molecule has 190 valence electrons. The summed E-state index contributed by atoms with van der Waals surface area (Å²) in [4.78, 5) is 41.7. The minimum absolute atomic E-state index is 0.0353. The molecule has 0 aliphatic heterocycles. The van der Waals surface area contributed by atoms with Gasteiger partial charge in [-0.25, -0.2) is 10.3 Å². The number of primary amides is 1. The Morgan fingerprint density at radius 3 is 1.58 bits per heavy atom. The van der Waals surface area contributed by atoms with Gasteiger partial charge in [0.2, 0.25) is 17.7 Å². The molecule has 3 rings (SSSR count). The molecule has 3 amide bonds. The molecule has 0 aromatic heterocycles. The van der Waals surface area contributed by atoms with E-state index < -0.39 is 23.8 Å². The number of carboxylic acid groups (broad SMARTS) is 1. The third kappa shape index (κ3) is 13.3. The summed E-state index contributed by atoms with van der Waals surface area (Å²) in [6.45, 7) is 1.31. The third-order valence-electron chi connectivity index (χ3n) is 4.56. The maximum Gasteiger partial charge on any atom is 0.326 e. The van der Waals surface area contributed by atoms with E-state index in [-0.39, 0.29) is 18.7 Å². The normalized spacial score (nSPS) is 10.3. The van der Waals surface area contributed by atoms with Crippen molar-refractivity contribution < 1.29 is 29.5 Å². The highest BCUT2D eigenvalue weighted by Crippen LogP contribution is 2.17. The van der Waals surface area contributed by atoms with Crippen LogP contribution in [0.2, 0.25) is 0 Å². The summed E-state index contributed by atoms with van der Waals surface area (Å²) in [5.74, 6) is -2.51. The van der Waals surface area contributed by atoms with Crippen LogP contribution < -0.4 is 16.5 Å². The van der Waals surface area contributed by atoms with E-state index in [0.29, 0.717) is 6.42 Å². The van der Waals surface area contributed by atoms with Crippen LogP contribution in [-0.4, -0.2) is 40.0 Å². The fourth-order valence-corrected chi connectivity index (χ4v) is 2.85. The van der Waals surface area contributed by atoms with Crippen molar-refractivity contribution in [2.45, 2.75) is 32.2 Å². The van der Waals surface area contributed by atoms with Gasteiger partial charge in [-0.05, 0) is 16.7 Å². The average molecular weight is 494 g/mol. The molecule has 0 bridgehead atoms. The number of carbonyl (C=O) groups is 4. The van der Waals surface area contributed by atoms with Gasteiger partial charge in [-0.3, -0.25) is 19.6 Å². The molecule has 0 aliphatic carbocycles. The number of hydrogen-bond acceptors (Lipinski definition) is 5. The highest BCUT2D eigenvalue weighted by molar-refractivity contribution is 5.82. The molecule has 0 saturated heterocycles. The first kappa shape index (κ1) is 29.5. The van der Waals surface area contributed by atoms with Crippen LogP contribution >= 0.6 is 0 Å². The minimum atomic E-state index is -1.02. The smallest absolute Gasteiger partial charge is 0.326 e. The summed E-state index contributed by atoms with van der Waals surface area (Å²) in [7, 11) is 0. The van der Waals surface area contributed by atoms with Crippen LogP contribution in [0.25, 0.3) is 11.1 Å². The van der Waals surface area contributed by atoms with E-state index in [1.165, 1.54) is 23.5 Å². The molecule has 0 fully saturated rings. The first-order chi connectivity index (χ1) is 17.2. The molecule has 36 heavy (non-hydrogen) atoms. The van der Waals surface area contributed by atoms with E-state index in [4.69, 9.17) is 16.0 Å². The fourth-order valence-electron chi connectivity index (χ4n) is 2.85. The summed E-state index contributed by atoms with van der Waals surface area (Å²) >= 11 is 0. The van der Waals surface area contributed by atoms with E-state index in [1.807, 2.05) is 42.5 Å². The van der Waals surface area contributed by atoms with Gasteiger partial charge in [0.15, 0.2) is 0 Å². The van der Waals surface area contributed by atoms with Crippen molar-refractivity contribution in [3.8, 4) is 11.1 Å². The lowest BCUT2D eigenvalue weighted by molar-refractivity contribution is -0.141. The number of nitrogens with one attached hydrogen (secondary N) is 2. The van der Waals surface area contributed by atoms with E-state index in [1.54, 1.807) is 0 Å². The minimum Gasteiger partial charge on any atom is -0.480 e. The van der Waals surface area contributed by atoms with Crippen LogP contribution in [0, 0.1) is 0 Å². The van der Waals surface area contributed by atoms with Crippen molar-refractivity contribution in [2.24, 2.45) is 5.73 Å². The van der Waals surface area contributed by atoms with Crippen LogP contribution in [0.4, 0.5) is 0 Å². The Morgan fingerprint density at radius 1 is 0.778 bits per heavy atom. The largest absolute Gasteiger partial charge is 0.480 e. The molecule has 1 atom stereocenters. The van der Waals surface area contributed by atoms with Gasteiger partial charge in [0.05, 0.1) is 0 Å². The Kier molecular flexibility index (Phi) is 14.0. The zero-order chi connectivity index (χ0) is 26.8. The number of aliphatic carboxylic acids is 1. The molecule has 0 radical (unpaired) electrons. The lowest BCUT2D eigenvalue weighted by Crippen LogP contribution is -2.41. The van der Waals surface area contributed by atoms with Gasteiger partial charge in [-0.1, -0.05) is 91.0 Å². The average Bonchev–Trinajstić information content (AvgIpc) is 2.89. The Hall–Kier alpha value is -4.50. The molecular weight excluding hydrogens is 462 g/mol. The van der Waals surface area contributed by atoms with E-state index in [9.17, 15) is 19.2 Å². The number of nitrogens with two attached hydrogens (primary N) is 1. The van der Waals surface area contributed by atoms with Gasteiger partial charge >= 0.3 is 5.97 Å². The van der Waals surface area contributed by atoms with Crippen LogP contribution in [-0.2, 0) is 25.6 Å². The van der Waals surface area contributed by atoms with E-state index >= 15 is 0 Å². The Morgan fingerprint density at radius 2 is 1.22 bits per heavy atom. The van der Waals surface area contributed by atoms with Gasteiger partial charge in [0.25, 0.3) is 0 Å². The van der Waals surface area contributed by atoms with Crippen LogP contribution in [0.15, 0.2) is 91.0 Å². The number of rotatable bonds is 8. The maximum absolute atomic E-state index is 10.8. The number of benzene rings is 3. The van der Waals surface area contributed by atoms with Gasteiger partial charge < -0.3 is 16.2 Å². The predicted molar refractivity (Wildman–Crippen MR) is 136 cm³/mol. The number of hydrogen-bond donors (Lipinski definition) is 5. The van der Waals surface area contributed by atoms with Crippen molar-refractivity contribution in [3.63, 3.8) is 0 Å². The monoisotopic (exact) mass is 493 g/mol. The maximum atomic E-state index is 10.8. The number of amides is 3. The molecule has 0 heterocycles. The molecule has 0 saturated carbocycles. The molecule has 9 heteroatoms. The SMILES string of the molecule is CC(=O)N[C@@H](Cc1ccccc1)C(=O)O.NC(=O)CCC(=O)NO.c1ccc(-c2ccccc2)cc1. The Labute approximate surface area is 209 Å². The first-order valence-electron chi connectivity index (χ1n) is 11.1. The second-order valence-electron chi connectivity index (χ2n) is 7.51. The number of carbonyl (C=O) groups excluding carboxylic acids is 3. The highest BCUT2D eigenvalue weighted by Gasteiger charge is 2.18. The second kappa shape index (κ2) is 17.0. The zero-order valence-corrected chi connectivity index (χ0v) is 20.0. The van der Waals surface area contributed by atoms with Gasteiger partial charge in [0, 0.05) is 26.2 Å². The standard InChI is InChI=1S/C12H10.C11H13NO3.C4H8N2O3/c1-3-7-11(8-4-1)12-9-5-2-6-10-12;1-8(13)12-10(11(14)15)7-9-5-3-2-4-6-9;5-3(7)1-2-4(8)6-9/h1-10H;2-6,10H,7H2,1H3,(H,12,13)(H,14,15);9H,1-2H2,(H2,5,7)(H,6,8)/t;10-;/m.0./s1. The van der Waals surface area contributed by atoms with E-state index in [0.717, 1.165) is 5.56 Å². The third-order valence-corrected chi connectivity index (χ3v) is 4.56. The lowest BCUT2D eigenvalue weighted by atomic mass is 10.1. The van der Waals surface area contributed by atoms with Gasteiger partial charge in [-0.2, -0.15) is 0 Å². The first-order valence-corrected chi connectivity index (χ1v) is 11.1. The van der Waals surface area contributed by atoms with E-state index in [2.05, 4.69) is 53.8 Å². The molecule has 0 unspecified atom stereocenters. The number of carboxylic acids is 1. The van der Waals surface area contributed by atoms with Crippen LogP contribution in [0.1, 0.15) is 25.3 Å². The summed E-state index contributed by atoms with van der Waals surface area (Å²) in [5, 5.41) is 19.2. The topological polar surface area (TPSA) is 159 Å².